The molecule has 2 aliphatic heterocycles. The Kier molecular flexibility index (Phi) is 5.01. The van der Waals surface area contributed by atoms with Crippen molar-refractivity contribution in [2.75, 3.05) is 19.6 Å². The van der Waals surface area contributed by atoms with Crippen molar-refractivity contribution in [3.63, 3.8) is 0 Å². The van der Waals surface area contributed by atoms with Crippen LogP contribution < -0.4 is 5.32 Å². The summed E-state index contributed by atoms with van der Waals surface area (Å²) >= 11 is 0. The van der Waals surface area contributed by atoms with Gasteiger partial charge in [0.1, 0.15) is 11.6 Å². The number of aromatic nitrogens is 2. The number of rotatable bonds is 4. The number of hydrogen-bond donors (Lipinski definition) is 3. The van der Waals surface area contributed by atoms with Crippen molar-refractivity contribution >= 4 is 22.6 Å². The van der Waals surface area contributed by atoms with Crippen molar-refractivity contribution in [2.45, 2.75) is 44.9 Å². The van der Waals surface area contributed by atoms with Crippen LogP contribution in [0.2, 0.25) is 0 Å². The first-order chi connectivity index (χ1) is 14.6. The average Bonchev–Trinajstić information content (AvgIpc) is 3.20. The van der Waals surface area contributed by atoms with E-state index in [0.717, 1.165) is 49.3 Å². The fraction of sp³-hybridized carbons (Fsp3) is 0.500. The second-order valence-corrected chi connectivity index (χ2v) is 9.23. The molecule has 30 heavy (non-hydrogen) atoms. The molecule has 158 valence electrons. The summed E-state index contributed by atoms with van der Waals surface area (Å²) in [7, 11) is 0. The number of carboxylic acid groups (broad SMARTS) is 1. The quantitative estimate of drug-likeness (QED) is 0.711. The molecule has 1 aliphatic carbocycles. The fourth-order valence-corrected chi connectivity index (χ4v) is 5.43. The van der Waals surface area contributed by atoms with E-state index in [9.17, 15) is 4.79 Å². The highest BCUT2D eigenvalue weighted by molar-refractivity contribution is 5.79. The Bertz CT molecular complexity index is 955. The van der Waals surface area contributed by atoms with Crippen molar-refractivity contribution in [2.24, 2.45) is 11.3 Å². The lowest BCUT2D eigenvalue weighted by Crippen LogP contribution is -2.44. The van der Waals surface area contributed by atoms with E-state index >= 15 is 0 Å². The highest BCUT2D eigenvalue weighted by Gasteiger charge is 2.38. The molecule has 0 bridgehead atoms. The number of piperidine rings is 1. The Morgan fingerprint density at radius 3 is 2.57 bits per heavy atom. The standard InChI is InChI=1S/C24H30N4O2/c29-22(30)15-17-7-9-24(10-8-17)11-13-28(14-12-24)21-6-5-18(16-25-21)23-26-19-3-1-2-4-20(19)27-23/h1-6,17,25H,7-16H2,(H,26,27)(H,29,30). The van der Waals surface area contributed by atoms with Crippen LogP contribution in [0.5, 0.6) is 0 Å². The molecule has 0 unspecified atom stereocenters. The van der Waals surface area contributed by atoms with Gasteiger partial charge >= 0.3 is 5.97 Å². The van der Waals surface area contributed by atoms with E-state index < -0.39 is 5.97 Å². The van der Waals surface area contributed by atoms with Gasteiger partial charge in [0.15, 0.2) is 0 Å². The molecule has 3 N–H and O–H groups in total. The smallest absolute Gasteiger partial charge is 0.303 e. The summed E-state index contributed by atoms with van der Waals surface area (Å²) < 4.78 is 0. The lowest BCUT2D eigenvalue weighted by atomic mass is 9.65. The summed E-state index contributed by atoms with van der Waals surface area (Å²) in [6.45, 7) is 2.94. The normalized spacial score (nSPS) is 21.9. The third-order valence-corrected chi connectivity index (χ3v) is 7.39. The van der Waals surface area contributed by atoms with Crippen LogP contribution in [0.4, 0.5) is 0 Å². The van der Waals surface area contributed by atoms with E-state index in [1.165, 1.54) is 37.1 Å². The molecular weight excluding hydrogens is 376 g/mol. The third kappa shape index (κ3) is 3.83. The van der Waals surface area contributed by atoms with Gasteiger partial charge in [-0.2, -0.15) is 0 Å². The van der Waals surface area contributed by atoms with Crippen molar-refractivity contribution in [1.29, 1.82) is 0 Å². The molecule has 1 aromatic carbocycles. The van der Waals surface area contributed by atoms with Crippen molar-refractivity contribution in [3.05, 3.63) is 48.1 Å². The average molecular weight is 407 g/mol. The number of dihydropyridines is 1. The lowest BCUT2D eigenvalue weighted by molar-refractivity contribution is -0.138. The number of fused-ring (bicyclic) bond motifs is 1. The maximum absolute atomic E-state index is 11.0. The summed E-state index contributed by atoms with van der Waals surface area (Å²) in [5.41, 5.74) is 3.70. The van der Waals surface area contributed by atoms with Gasteiger partial charge in [-0.25, -0.2) is 4.98 Å². The van der Waals surface area contributed by atoms with Gasteiger partial charge in [0, 0.05) is 31.6 Å². The Hall–Kier alpha value is -2.76. The summed E-state index contributed by atoms with van der Waals surface area (Å²) in [6, 6.07) is 8.13. The summed E-state index contributed by atoms with van der Waals surface area (Å²) in [4.78, 5) is 21.6. The van der Waals surface area contributed by atoms with Gasteiger partial charge in [0.05, 0.1) is 11.0 Å². The Morgan fingerprint density at radius 2 is 1.90 bits per heavy atom. The zero-order valence-electron chi connectivity index (χ0n) is 17.4. The molecule has 3 heterocycles. The molecule has 6 nitrogen and oxygen atoms in total. The first-order valence-electron chi connectivity index (χ1n) is 11.2. The summed E-state index contributed by atoms with van der Waals surface area (Å²) in [5, 5.41) is 12.6. The number of para-hydroxylation sites is 2. The van der Waals surface area contributed by atoms with Gasteiger partial charge in [0.25, 0.3) is 0 Å². The van der Waals surface area contributed by atoms with Gasteiger partial charge < -0.3 is 20.3 Å². The topological polar surface area (TPSA) is 81.2 Å². The van der Waals surface area contributed by atoms with Crippen LogP contribution >= 0.6 is 0 Å². The second-order valence-electron chi connectivity index (χ2n) is 9.23. The highest BCUT2D eigenvalue weighted by Crippen LogP contribution is 2.47. The Labute approximate surface area is 177 Å². The number of imidazole rings is 1. The highest BCUT2D eigenvalue weighted by atomic mass is 16.4. The minimum Gasteiger partial charge on any atom is -0.481 e. The molecule has 0 atom stereocenters. The molecule has 2 aromatic rings. The molecular formula is C24H30N4O2. The van der Waals surface area contributed by atoms with Crippen LogP contribution in [0.3, 0.4) is 0 Å². The molecule has 2 fully saturated rings. The summed E-state index contributed by atoms with van der Waals surface area (Å²) in [6.07, 6.45) is 11.7. The predicted octanol–water partition coefficient (Wildman–Crippen LogP) is 4.14. The van der Waals surface area contributed by atoms with Crippen molar-refractivity contribution in [3.8, 4) is 0 Å². The van der Waals surface area contributed by atoms with E-state index in [-0.39, 0.29) is 0 Å². The summed E-state index contributed by atoms with van der Waals surface area (Å²) in [5.74, 6) is 1.89. The number of allylic oxidation sites excluding steroid dienone is 2. The zero-order chi connectivity index (χ0) is 20.6. The van der Waals surface area contributed by atoms with Gasteiger partial charge in [-0.05, 0) is 74.1 Å². The number of hydrogen-bond acceptors (Lipinski definition) is 4. The van der Waals surface area contributed by atoms with E-state index in [2.05, 4.69) is 33.4 Å². The van der Waals surface area contributed by atoms with Crippen LogP contribution in [-0.2, 0) is 4.79 Å². The maximum Gasteiger partial charge on any atom is 0.303 e. The van der Waals surface area contributed by atoms with Crippen molar-refractivity contribution in [1.82, 2.24) is 20.2 Å². The number of nitrogens with zero attached hydrogens (tertiary/aromatic N) is 2. The SMILES string of the molecule is O=C(O)CC1CCC2(CC1)CCN(C1=CC=C(c3nc4ccccc4[nH]3)CN1)CC2. The lowest BCUT2D eigenvalue weighted by Gasteiger charge is -2.47. The number of nitrogens with one attached hydrogen (secondary N) is 2. The predicted molar refractivity (Wildman–Crippen MR) is 118 cm³/mol. The molecule has 6 heteroatoms. The largest absolute Gasteiger partial charge is 0.481 e. The fourth-order valence-electron chi connectivity index (χ4n) is 5.43. The van der Waals surface area contributed by atoms with E-state index in [1.807, 2.05) is 18.2 Å². The molecule has 1 saturated carbocycles. The van der Waals surface area contributed by atoms with Crippen LogP contribution in [0, 0.1) is 11.3 Å². The second kappa shape index (κ2) is 7.82. The van der Waals surface area contributed by atoms with Gasteiger partial charge in [-0.1, -0.05) is 12.1 Å². The van der Waals surface area contributed by atoms with Gasteiger partial charge in [0.2, 0.25) is 0 Å². The number of carboxylic acids is 1. The molecule has 0 amide bonds. The van der Waals surface area contributed by atoms with Gasteiger partial charge in [-0.3, -0.25) is 4.79 Å². The number of likely N-dealkylation sites (tertiary alicyclic amines) is 1. The third-order valence-electron chi connectivity index (χ3n) is 7.39. The first-order valence-corrected chi connectivity index (χ1v) is 11.2. The maximum atomic E-state index is 11.0. The van der Waals surface area contributed by atoms with Crippen LogP contribution in [0.25, 0.3) is 16.6 Å². The van der Waals surface area contributed by atoms with E-state index in [4.69, 9.17) is 10.1 Å². The first kappa shape index (κ1) is 19.2. The number of benzene rings is 1. The van der Waals surface area contributed by atoms with Gasteiger partial charge in [-0.15, -0.1) is 0 Å². The number of aromatic amines is 1. The molecule has 1 saturated heterocycles. The number of H-pyrrole nitrogens is 1. The Balaban J connectivity index is 1.19. The molecule has 3 aliphatic rings. The van der Waals surface area contributed by atoms with Crippen LogP contribution in [-0.4, -0.2) is 45.6 Å². The van der Waals surface area contributed by atoms with E-state index in [1.54, 1.807) is 0 Å². The zero-order valence-corrected chi connectivity index (χ0v) is 17.4. The van der Waals surface area contributed by atoms with Crippen molar-refractivity contribution < 1.29 is 9.90 Å². The van der Waals surface area contributed by atoms with Crippen LogP contribution in [0.15, 0.2) is 42.2 Å². The minimum absolute atomic E-state index is 0.346. The Morgan fingerprint density at radius 1 is 1.13 bits per heavy atom. The van der Waals surface area contributed by atoms with E-state index in [0.29, 0.717) is 17.8 Å². The number of carbonyl (C=O) groups is 1. The van der Waals surface area contributed by atoms with Crippen LogP contribution in [0.1, 0.15) is 50.8 Å². The molecule has 1 aromatic heterocycles. The molecule has 0 radical (unpaired) electrons. The number of aliphatic carboxylic acids is 1. The monoisotopic (exact) mass is 406 g/mol. The molecule has 5 rings (SSSR count). The minimum atomic E-state index is -0.642. The molecule has 1 spiro atoms.